The Morgan fingerprint density at radius 1 is 0.970 bits per heavy atom. The van der Waals surface area contributed by atoms with Crippen LogP contribution in [0.5, 0.6) is 0 Å². The van der Waals surface area contributed by atoms with Crippen molar-refractivity contribution in [2.75, 3.05) is 4.90 Å². The van der Waals surface area contributed by atoms with Crippen LogP contribution in [0, 0.1) is 18.6 Å². The lowest BCUT2D eigenvalue weighted by molar-refractivity contribution is -0.132. The highest BCUT2D eigenvalue weighted by Gasteiger charge is 2.48. The maximum absolute atomic E-state index is 13.6. The normalized spacial score (nSPS) is 17.8. The van der Waals surface area contributed by atoms with Crippen molar-refractivity contribution in [3.8, 4) is 0 Å². The second-order valence-corrected chi connectivity index (χ2v) is 8.70. The van der Waals surface area contributed by atoms with Crippen LogP contribution >= 0.6 is 11.3 Å². The van der Waals surface area contributed by atoms with Gasteiger partial charge < -0.3 is 5.11 Å². The summed E-state index contributed by atoms with van der Waals surface area (Å²) in [6, 6.07) is 14.9. The Morgan fingerprint density at radius 2 is 1.61 bits per heavy atom. The minimum atomic E-state index is -1.03. The molecule has 5 nitrogen and oxygen atoms in total. The van der Waals surface area contributed by atoms with Gasteiger partial charge in [0, 0.05) is 5.56 Å². The van der Waals surface area contributed by atoms with Crippen molar-refractivity contribution in [1.29, 1.82) is 0 Å². The highest BCUT2D eigenvalue weighted by atomic mass is 32.1. The Hall–Kier alpha value is -3.91. The van der Waals surface area contributed by atoms with E-state index in [4.69, 9.17) is 0 Å². The summed E-state index contributed by atoms with van der Waals surface area (Å²) in [5.74, 6) is -3.19. The number of carbonyl (C=O) groups is 2. The number of aromatic nitrogens is 1. The van der Waals surface area contributed by atoms with Crippen LogP contribution < -0.4 is 4.90 Å². The molecule has 5 rings (SSSR count). The number of aryl methyl sites for hydroxylation is 1. The van der Waals surface area contributed by atoms with Gasteiger partial charge in [-0.25, -0.2) is 13.8 Å². The first-order valence-corrected chi connectivity index (χ1v) is 10.8. The molecule has 1 amide bonds. The van der Waals surface area contributed by atoms with Gasteiger partial charge >= 0.3 is 5.91 Å². The van der Waals surface area contributed by atoms with Gasteiger partial charge in [-0.3, -0.25) is 14.5 Å². The summed E-state index contributed by atoms with van der Waals surface area (Å²) in [5, 5.41) is 11.3. The molecule has 0 bridgehead atoms. The lowest BCUT2D eigenvalue weighted by Crippen LogP contribution is -2.29. The third kappa shape index (κ3) is 3.58. The van der Waals surface area contributed by atoms with Crippen LogP contribution in [-0.2, 0) is 9.59 Å². The van der Waals surface area contributed by atoms with Gasteiger partial charge in [0.05, 0.1) is 21.8 Å². The van der Waals surface area contributed by atoms with Crippen molar-refractivity contribution in [3.05, 3.63) is 101 Å². The van der Waals surface area contributed by atoms with Gasteiger partial charge in [0.1, 0.15) is 17.4 Å². The second-order valence-electron chi connectivity index (χ2n) is 7.70. The zero-order valence-corrected chi connectivity index (χ0v) is 18.1. The van der Waals surface area contributed by atoms with E-state index in [1.807, 2.05) is 25.1 Å². The molecule has 1 N–H and O–H groups in total. The van der Waals surface area contributed by atoms with Crippen molar-refractivity contribution in [2.45, 2.75) is 13.0 Å². The molecule has 1 saturated heterocycles. The molecule has 1 aliphatic heterocycles. The monoisotopic (exact) mass is 462 g/mol. The van der Waals surface area contributed by atoms with Crippen molar-refractivity contribution in [1.82, 2.24) is 4.98 Å². The van der Waals surface area contributed by atoms with E-state index in [2.05, 4.69) is 4.98 Å². The number of amides is 1. The number of ketones is 1. The minimum absolute atomic E-state index is 0.173. The van der Waals surface area contributed by atoms with Crippen LogP contribution in [0.15, 0.2) is 72.3 Å². The van der Waals surface area contributed by atoms with Gasteiger partial charge in [-0.2, -0.15) is 0 Å². The summed E-state index contributed by atoms with van der Waals surface area (Å²) in [7, 11) is 0. The summed E-state index contributed by atoms with van der Waals surface area (Å²) in [6.07, 6.45) is 0. The number of aliphatic hydroxyl groups is 1. The van der Waals surface area contributed by atoms with E-state index in [9.17, 15) is 23.5 Å². The van der Waals surface area contributed by atoms with E-state index < -0.39 is 35.1 Å². The SMILES string of the molecule is Cc1ccc2nc(N3C(=O)C(=O)/C(=C(/O)c4ccc(F)cc4)C3c3ccc(F)cc3)sc2c1. The lowest BCUT2D eigenvalue weighted by atomic mass is 9.95. The van der Waals surface area contributed by atoms with E-state index in [-0.39, 0.29) is 16.3 Å². The number of aliphatic hydroxyl groups excluding tert-OH is 1. The number of nitrogens with zero attached hydrogens (tertiary/aromatic N) is 2. The fourth-order valence-corrected chi connectivity index (χ4v) is 4.97. The third-order valence-electron chi connectivity index (χ3n) is 5.49. The zero-order valence-electron chi connectivity index (χ0n) is 17.3. The Balaban J connectivity index is 1.73. The van der Waals surface area contributed by atoms with E-state index in [0.29, 0.717) is 11.1 Å². The molecule has 1 unspecified atom stereocenters. The number of anilines is 1. The van der Waals surface area contributed by atoms with Crippen molar-refractivity contribution in [2.24, 2.45) is 0 Å². The molecule has 2 heterocycles. The molecule has 1 aromatic heterocycles. The maximum Gasteiger partial charge on any atom is 0.301 e. The molecule has 1 atom stereocenters. The number of hydrogen-bond donors (Lipinski definition) is 1. The minimum Gasteiger partial charge on any atom is -0.507 e. The van der Waals surface area contributed by atoms with E-state index in [0.717, 1.165) is 22.4 Å². The molecule has 3 aromatic carbocycles. The predicted octanol–water partition coefficient (Wildman–Crippen LogP) is 5.51. The van der Waals surface area contributed by atoms with Gasteiger partial charge in [0.2, 0.25) is 0 Å². The van der Waals surface area contributed by atoms with E-state index in [1.165, 1.54) is 52.6 Å². The number of Topliss-reactive ketones (excluding diaryl/α,β-unsaturated/α-hetero) is 1. The summed E-state index contributed by atoms with van der Waals surface area (Å²) in [6.45, 7) is 1.94. The van der Waals surface area contributed by atoms with Crippen molar-refractivity contribution < 1.29 is 23.5 Å². The van der Waals surface area contributed by atoms with E-state index in [1.54, 1.807) is 0 Å². The molecule has 1 aliphatic rings. The number of carbonyl (C=O) groups excluding carboxylic acids is 2. The van der Waals surface area contributed by atoms with Crippen molar-refractivity contribution in [3.63, 3.8) is 0 Å². The second kappa shape index (κ2) is 7.90. The third-order valence-corrected chi connectivity index (χ3v) is 6.50. The molecule has 1 fully saturated rings. The number of hydrogen-bond acceptors (Lipinski definition) is 5. The van der Waals surface area contributed by atoms with Gasteiger partial charge in [0.25, 0.3) is 5.78 Å². The molecule has 164 valence electrons. The van der Waals surface area contributed by atoms with Gasteiger partial charge in [-0.1, -0.05) is 29.5 Å². The fraction of sp³-hybridized carbons (Fsp3) is 0.0800. The molecule has 0 saturated carbocycles. The number of benzene rings is 3. The van der Waals surface area contributed by atoms with Crippen LogP contribution in [-0.4, -0.2) is 21.8 Å². The summed E-state index contributed by atoms with van der Waals surface area (Å²) < 4.78 is 27.9. The van der Waals surface area contributed by atoms with Gasteiger partial charge in [-0.15, -0.1) is 0 Å². The van der Waals surface area contributed by atoms with E-state index >= 15 is 0 Å². The predicted molar refractivity (Wildman–Crippen MR) is 122 cm³/mol. The molecular formula is C25H16F2N2O3S. The molecular weight excluding hydrogens is 446 g/mol. The molecule has 0 radical (unpaired) electrons. The number of thiazole rings is 1. The zero-order chi connectivity index (χ0) is 23.3. The maximum atomic E-state index is 13.6. The Kier molecular flexibility index (Phi) is 5.02. The fourth-order valence-electron chi connectivity index (χ4n) is 3.88. The smallest absolute Gasteiger partial charge is 0.301 e. The van der Waals surface area contributed by atoms with Crippen molar-refractivity contribution >= 4 is 44.1 Å². The average Bonchev–Trinajstić information content (AvgIpc) is 3.32. The topological polar surface area (TPSA) is 70.5 Å². The first-order valence-electron chi connectivity index (χ1n) is 10.0. The van der Waals surface area contributed by atoms with Crippen LogP contribution in [0.2, 0.25) is 0 Å². The van der Waals surface area contributed by atoms with Crippen LogP contribution in [0.25, 0.3) is 16.0 Å². The van der Waals surface area contributed by atoms with Crippen LogP contribution in [0.3, 0.4) is 0 Å². The molecule has 33 heavy (non-hydrogen) atoms. The number of rotatable bonds is 3. The molecule has 4 aromatic rings. The molecule has 8 heteroatoms. The Labute approximate surface area is 191 Å². The summed E-state index contributed by atoms with van der Waals surface area (Å²) in [5.41, 5.74) is 2.12. The quantitative estimate of drug-likeness (QED) is 0.248. The lowest BCUT2D eigenvalue weighted by Gasteiger charge is -2.23. The van der Waals surface area contributed by atoms with Gasteiger partial charge in [0.15, 0.2) is 5.13 Å². The Bertz CT molecular complexity index is 1440. The van der Waals surface area contributed by atoms with Crippen LogP contribution in [0.1, 0.15) is 22.7 Å². The number of fused-ring (bicyclic) bond motifs is 1. The van der Waals surface area contributed by atoms with Crippen LogP contribution in [0.4, 0.5) is 13.9 Å². The molecule has 0 aliphatic carbocycles. The highest BCUT2D eigenvalue weighted by Crippen LogP contribution is 2.44. The van der Waals surface area contributed by atoms with Gasteiger partial charge in [-0.05, 0) is 66.6 Å². The number of halogens is 2. The largest absolute Gasteiger partial charge is 0.507 e. The summed E-state index contributed by atoms with van der Waals surface area (Å²) >= 11 is 1.24. The first-order chi connectivity index (χ1) is 15.8. The average molecular weight is 462 g/mol. The highest BCUT2D eigenvalue weighted by molar-refractivity contribution is 7.22. The summed E-state index contributed by atoms with van der Waals surface area (Å²) in [4.78, 5) is 32.0. The molecule has 0 spiro atoms. The Morgan fingerprint density at radius 3 is 2.27 bits per heavy atom. The standard InChI is InChI=1S/C25H16F2N2O3S/c1-13-2-11-18-19(12-13)33-25(28-18)29-21(14-3-7-16(26)8-4-14)20(23(31)24(29)32)22(30)15-5-9-17(27)10-6-15/h2-12,21,30H,1H3/b22-20+. The first kappa shape index (κ1) is 21.0.